The summed E-state index contributed by atoms with van der Waals surface area (Å²) in [4.78, 5) is 14.4. The zero-order valence-corrected chi connectivity index (χ0v) is 20.8. The van der Waals surface area contributed by atoms with Gasteiger partial charge in [0.15, 0.2) is 0 Å². The summed E-state index contributed by atoms with van der Waals surface area (Å²) in [6.07, 6.45) is 1.89. The molecule has 7 rings (SSSR count). The van der Waals surface area contributed by atoms with Gasteiger partial charge >= 0.3 is 0 Å². The first kappa shape index (κ1) is 21.1. The van der Waals surface area contributed by atoms with E-state index >= 15 is 0 Å². The van der Waals surface area contributed by atoms with Crippen molar-refractivity contribution in [3.05, 3.63) is 115 Å². The average molecular weight is 498 g/mol. The molecule has 0 atom stereocenters. The molecule has 0 spiro atoms. The molecule has 0 aliphatic carbocycles. The van der Waals surface area contributed by atoms with E-state index in [4.69, 9.17) is 15.0 Å². The summed E-state index contributed by atoms with van der Waals surface area (Å²) in [5, 5.41) is 2.06. The molecule has 0 radical (unpaired) electrons. The summed E-state index contributed by atoms with van der Waals surface area (Å²) in [5.74, 6) is 0. The Balaban J connectivity index is 1.24. The van der Waals surface area contributed by atoms with Crippen LogP contribution in [0.5, 0.6) is 0 Å². The number of hydrogen-bond acceptors (Lipinski definition) is 5. The van der Waals surface area contributed by atoms with Crippen molar-refractivity contribution in [2.45, 2.75) is 0 Å². The molecule has 7 aromatic rings. The second-order valence-corrected chi connectivity index (χ2v) is 10.6. The minimum atomic E-state index is 0.945. The predicted octanol–water partition coefficient (Wildman–Crippen LogP) is 8.97. The van der Waals surface area contributed by atoms with Crippen molar-refractivity contribution in [1.82, 2.24) is 15.0 Å². The molecule has 3 aromatic heterocycles. The molecule has 0 aliphatic rings. The lowest BCUT2D eigenvalue weighted by Crippen LogP contribution is -1.87. The predicted molar refractivity (Wildman–Crippen MR) is 152 cm³/mol. The van der Waals surface area contributed by atoms with Crippen LogP contribution in [-0.2, 0) is 0 Å². The normalized spacial score (nSPS) is 11.3. The van der Waals surface area contributed by atoms with Crippen LogP contribution in [0.4, 0.5) is 0 Å². The Morgan fingerprint density at radius 2 is 0.972 bits per heavy atom. The lowest BCUT2D eigenvalue weighted by molar-refractivity contribution is 1.32. The molecule has 36 heavy (non-hydrogen) atoms. The van der Waals surface area contributed by atoms with Gasteiger partial charge in [-0.2, -0.15) is 0 Å². The highest BCUT2D eigenvalue weighted by molar-refractivity contribution is 7.22. The third kappa shape index (κ3) is 3.88. The monoisotopic (exact) mass is 497 g/mol. The lowest BCUT2D eigenvalue weighted by Gasteiger charge is -2.08. The van der Waals surface area contributed by atoms with Crippen molar-refractivity contribution < 1.29 is 0 Å². The van der Waals surface area contributed by atoms with Crippen LogP contribution in [0.1, 0.15) is 0 Å². The van der Waals surface area contributed by atoms with Crippen LogP contribution in [0.15, 0.2) is 115 Å². The molecule has 0 amide bonds. The maximum absolute atomic E-state index is 4.84. The van der Waals surface area contributed by atoms with Gasteiger partial charge in [0.1, 0.15) is 10.0 Å². The largest absolute Gasteiger partial charge is 0.256 e. The number of benzene rings is 4. The molecule has 0 unspecified atom stereocenters. The second-order valence-electron chi connectivity index (χ2n) is 8.56. The molecule has 0 saturated heterocycles. The van der Waals surface area contributed by atoms with Gasteiger partial charge in [0.25, 0.3) is 0 Å². The summed E-state index contributed by atoms with van der Waals surface area (Å²) in [6.45, 7) is 0. The quantitative estimate of drug-likeness (QED) is 0.244. The van der Waals surface area contributed by atoms with Gasteiger partial charge in [0, 0.05) is 22.9 Å². The van der Waals surface area contributed by atoms with Gasteiger partial charge in [0.05, 0.1) is 26.1 Å². The van der Waals surface area contributed by atoms with E-state index in [1.807, 2.05) is 18.3 Å². The van der Waals surface area contributed by atoms with Crippen molar-refractivity contribution >= 4 is 43.1 Å². The highest BCUT2D eigenvalue weighted by Gasteiger charge is 2.10. The number of thiazole rings is 2. The summed E-state index contributed by atoms with van der Waals surface area (Å²) in [7, 11) is 0. The van der Waals surface area contributed by atoms with Crippen molar-refractivity contribution in [2.24, 2.45) is 0 Å². The third-order valence-corrected chi connectivity index (χ3v) is 8.37. The van der Waals surface area contributed by atoms with Gasteiger partial charge in [-0.3, -0.25) is 4.98 Å². The molecule has 0 bridgehead atoms. The molecule has 0 aliphatic heterocycles. The SMILES string of the molecule is c1cc(-c2ccnc(-c3cccc(-c4nc5ccccc5s4)c3)c2)cc(-c2nc3ccccc3s2)c1. The smallest absolute Gasteiger partial charge is 0.124 e. The van der Waals surface area contributed by atoms with Gasteiger partial charge in [-0.1, -0.05) is 60.7 Å². The van der Waals surface area contributed by atoms with E-state index in [0.717, 1.165) is 54.6 Å². The zero-order valence-electron chi connectivity index (χ0n) is 19.1. The molecule has 4 aromatic carbocycles. The minimum Gasteiger partial charge on any atom is -0.256 e. The van der Waals surface area contributed by atoms with Gasteiger partial charge in [-0.15, -0.1) is 22.7 Å². The molecule has 0 fully saturated rings. The van der Waals surface area contributed by atoms with Crippen molar-refractivity contribution in [1.29, 1.82) is 0 Å². The lowest BCUT2D eigenvalue weighted by atomic mass is 10.0. The Morgan fingerprint density at radius 3 is 1.61 bits per heavy atom. The van der Waals surface area contributed by atoms with Crippen LogP contribution in [0.3, 0.4) is 0 Å². The van der Waals surface area contributed by atoms with Gasteiger partial charge in [-0.05, 0) is 59.7 Å². The number of nitrogens with zero attached hydrogens (tertiary/aromatic N) is 3. The maximum Gasteiger partial charge on any atom is 0.124 e. The molecule has 3 heterocycles. The highest BCUT2D eigenvalue weighted by Crippen LogP contribution is 2.35. The third-order valence-electron chi connectivity index (χ3n) is 6.20. The Bertz CT molecular complexity index is 1670. The topological polar surface area (TPSA) is 38.7 Å². The molecule has 0 saturated carbocycles. The summed E-state index contributed by atoms with van der Waals surface area (Å²) >= 11 is 3.45. The fourth-order valence-electron chi connectivity index (χ4n) is 4.40. The number of rotatable bonds is 4. The number of hydrogen-bond donors (Lipinski definition) is 0. The first-order chi connectivity index (χ1) is 17.8. The molecule has 0 N–H and O–H groups in total. The standard InChI is InChI=1S/C31H19N3S2/c1-3-13-28-25(11-1)33-30(35-28)23-9-5-7-20(17-23)21-15-16-32-27(19-21)22-8-6-10-24(18-22)31-34-26-12-2-4-14-29(26)36-31/h1-19H. The van der Waals surface area contributed by atoms with Crippen LogP contribution in [0.25, 0.3) is 64.0 Å². The summed E-state index contributed by atoms with van der Waals surface area (Å²) < 4.78 is 2.41. The van der Waals surface area contributed by atoms with Crippen molar-refractivity contribution in [3.8, 4) is 43.5 Å². The van der Waals surface area contributed by atoms with E-state index in [2.05, 4.69) is 97.1 Å². The molecule has 170 valence electrons. The van der Waals surface area contributed by atoms with Gasteiger partial charge in [-0.25, -0.2) is 9.97 Å². The van der Waals surface area contributed by atoms with E-state index in [-0.39, 0.29) is 0 Å². The van der Waals surface area contributed by atoms with Crippen LogP contribution in [0.2, 0.25) is 0 Å². The Morgan fingerprint density at radius 1 is 0.444 bits per heavy atom. The number of para-hydroxylation sites is 2. The number of fused-ring (bicyclic) bond motifs is 2. The Labute approximate surface area is 216 Å². The average Bonchev–Trinajstić information content (AvgIpc) is 3.58. The number of aromatic nitrogens is 3. The van der Waals surface area contributed by atoms with E-state index in [1.165, 1.54) is 9.40 Å². The first-order valence-electron chi connectivity index (χ1n) is 11.7. The second kappa shape index (κ2) is 8.79. The van der Waals surface area contributed by atoms with Crippen molar-refractivity contribution in [3.63, 3.8) is 0 Å². The van der Waals surface area contributed by atoms with Crippen LogP contribution < -0.4 is 0 Å². The maximum atomic E-state index is 4.84. The first-order valence-corrected chi connectivity index (χ1v) is 13.3. The van der Waals surface area contributed by atoms with E-state index in [9.17, 15) is 0 Å². The summed E-state index contributed by atoms with van der Waals surface area (Å²) in [5.41, 5.74) is 8.63. The van der Waals surface area contributed by atoms with E-state index < -0.39 is 0 Å². The van der Waals surface area contributed by atoms with Gasteiger partial charge < -0.3 is 0 Å². The Kier molecular flexibility index (Phi) is 5.16. The van der Waals surface area contributed by atoms with Crippen LogP contribution in [-0.4, -0.2) is 15.0 Å². The Hall–Kier alpha value is -4.19. The van der Waals surface area contributed by atoms with Crippen LogP contribution >= 0.6 is 22.7 Å². The van der Waals surface area contributed by atoms with E-state index in [1.54, 1.807) is 22.7 Å². The van der Waals surface area contributed by atoms with Gasteiger partial charge in [0.2, 0.25) is 0 Å². The van der Waals surface area contributed by atoms with Crippen LogP contribution in [0, 0.1) is 0 Å². The molecular weight excluding hydrogens is 478 g/mol. The van der Waals surface area contributed by atoms with Crippen molar-refractivity contribution in [2.75, 3.05) is 0 Å². The highest BCUT2D eigenvalue weighted by atomic mass is 32.1. The molecule has 5 heteroatoms. The minimum absolute atomic E-state index is 0.945. The van der Waals surface area contributed by atoms with E-state index in [0.29, 0.717) is 0 Å². The fraction of sp³-hybridized carbons (Fsp3) is 0. The zero-order chi connectivity index (χ0) is 23.9. The number of pyridine rings is 1. The molecular formula is C31H19N3S2. The summed E-state index contributed by atoms with van der Waals surface area (Å²) in [6, 6.07) is 37.9. The molecule has 3 nitrogen and oxygen atoms in total. The fourth-order valence-corrected chi connectivity index (χ4v) is 6.33.